The van der Waals surface area contributed by atoms with Gasteiger partial charge in [-0.3, -0.25) is 4.98 Å². The second-order valence-electron chi connectivity index (χ2n) is 7.73. The van der Waals surface area contributed by atoms with E-state index in [9.17, 15) is 4.79 Å². The van der Waals surface area contributed by atoms with Crippen LogP contribution in [0.2, 0.25) is 0 Å². The number of pyridine rings is 1. The van der Waals surface area contributed by atoms with Crippen LogP contribution < -0.4 is 0 Å². The van der Waals surface area contributed by atoms with E-state index in [2.05, 4.69) is 4.98 Å². The normalized spacial score (nSPS) is 23.6. The molecule has 2 aliphatic carbocycles. The molecule has 0 unspecified atom stereocenters. The van der Waals surface area contributed by atoms with Gasteiger partial charge in [0.15, 0.2) is 0 Å². The lowest BCUT2D eigenvalue weighted by atomic mass is 9.92. The van der Waals surface area contributed by atoms with Crippen LogP contribution >= 0.6 is 0 Å². The molecule has 0 bridgehead atoms. The fourth-order valence-corrected chi connectivity index (χ4v) is 2.74. The predicted molar refractivity (Wildman–Crippen MR) is 90.1 cm³/mol. The molecule has 5 heteroatoms. The first-order chi connectivity index (χ1) is 11.4. The largest absolute Gasteiger partial charge is 0.459 e. The number of hydrogen-bond acceptors (Lipinski definition) is 5. The third-order valence-electron chi connectivity index (χ3n) is 4.34. The van der Waals surface area contributed by atoms with Crippen LogP contribution in [0.15, 0.2) is 18.5 Å². The molecule has 0 atom stereocenters. The van der Waals surface area contributed by atoms with Gasteiger partial charge in [-0.1, -0.05) is 0 Å². The van der Waals surface area contributed by atoms with Crippen molar-refractivity contribution in [2.24, 2.45) is 0 Å². The summed E-state index contributed by atoms with van der Waals surface area (Å²) in [6, 6.07) is 1.92. The summed E-state index contributed by atoms with van der Waals surface area (Å²) < 4.78 is 16.9. The van der Waals surface area contributed by atoms with Crippen molar-refractivity contribution >= 4 is 5.97 Å². The zero-order chi connectivity index (χ0) is 17.2. The standard InChI is InChI=1S/C19H27NO4/c1-19(2,3)23-7-6-22-16-9-17(10-16)24-18(21)15-8-14(11-20-12-15)13-4-5-13/h8,11-13,16-17H,4-7,9-10H2,1-3H3. The molecule has 132 valence electrons. The van der Waals surface area contributed by atoms with E-state index in [0.717, 1.165) is 18.4 Å². The second kappa shape index (κ2) is 7.19. The van der Waals surface area contributed by atoms with Gasteiger partial charge in [0.1, 0.15) is 6.10 Å². The van der Waals surface area contributed by atoms with Gasteiger partial charge in [-0.15, -0.1) is 0 Å². The molecule has 0 N–H and O–H groups in total. The van der Waals surface area contributed by atoms with Gasteiger partial charge in [0.05, 0.1) is 30.5 Å². The summed E-state index contributed by atoms with van der Waals surface area (Å²) in [5, 5.41) is 0. The number of rotatable bonds is 7. The Morgan fingerprint density at radius 3 is 2.58 bits per heavy atom. The van der Waals surface area contributed by atoms with Crippen LogP contribution in [0.4, 0.5) is 0 Å². The maximum Gasteiger partial charge on any atom is 0.339 e. The molecule has 1 heterocycles. The monoisotopic (exact) mass is 333 g/mol. The topological polar surface area (TPSA) is 57.7 Å². The van der Waals surface area contributed by atoms with Crippen LogP contribution in [0.5, 0.6) is 0 Å². The van der Waals surface area contributed by atoms with Gasteiger partial charge >= 0.3 is 5.97 Å². The van der Waals surface area contributed by atoms with Gasteiger partial charge in [0.25, 0.3) is 0 Å². The van der Waals surface area contributed by atoms with Crippen molar-refractivity contribution in [2.75, 3.05) is 13.2 Å². The van der Waals surface area contributed by atoms with E-state index in [-0.39, 0.29) is 23.8 Å². The van der Waals surface area contributed by atoms with Crippen molar-refractivity contribution in [3.63, 3.8) is 0 Å². The van der Waals surface area contributed by atoms with Crippen molar-refractivity contribution in [3.8, 4) is 0 Å². The highest BCUT2D eigenvalue weighted by molar-refractivity contribution is 5.89. The van der Waals surface area contributed by atoms with Crippen molar-refractivity contribution in [1.29, 1.82) is 0 Å². The van der Waals surface area contributed by atoms with Crippen LogP contribution in [0, 0.1) is 0 Å². The van der Waals surface area contributed by atoms with E-state index in [4.69, 9.17) is 14.2 Å². The smallest absolute Gasteiger partial charge is 0.339 e. The van der Waals surface area contributed by atoms with E-state index in [0.29, 0.717) is 24.7 Å². The van der Waals surface area contributed by atoms with E-state index in [1.165, 1.54) is 12.8 Å². The Morgan fingerprint density at radius 1 is 1.17 bits per heavy atom. The summed E-state index contributed by atoms with van der Waals surface area (Å²) in [4.78, 5) is 16.4. The van der Waals surface area contributed by atoms with E-state index >= 15 is 0 Å². The lowest BCUT2D eigenvalue weighted by Crippen LogP contribution is -2.39. The summed E-state index contributed by atoms with van der Waals surface area (Å²) in [6.45, 7) is 7.25. The Balaban J connectivity index is 1.35. The molecule has 24 heavy (non-hydrogen) atoms. The number of carbonyl (C=O) groups excluding carboxylic acids is 1. The fourth-order valence-electron chi connectivity index (χ4n) is 2.74. The van der Waals surface area contributed by atoms with Crippen LogP contribution in [-0.2, 0) is 14.2 Å². The fraction of sp³-hybridized carbons (Fsp3) is 0.684. The average molecular weight is 333 g/mol. The third-order valence-corrected chi connectivity index (χ3v) is 4.34. The maximum absolute atomic E-state index is 12.2. The van der Waals surface area contributed by atoms with E-state index < -0.39 is 0 Å². The molecule has 0 spiro atoms. The van der Waals surface area contributed by atoms with Crippen LogP contribution in [0.3, 0.4) is 0 Å². The predicted octanol–water partition coefficient (Wildman–Crippen LogP) is 3.48. The van der Waals surface area contributed by atoms with Crippen molar-refractivity contribution in [2.45, 2.75) is 70.2 Å². The highest BCUT2D eigenvalue weighted by Gasteiger charge is 2.33. The zero-order valence-electron chi connectivity index (χ0n) is 14.8. The lowest BCUT2D eigenvalue weighted by molar-refractivity contribution is -0.104. The molecular weight excluding hydrogens is 306 g/mol. The molecule has 1 aromatic heterocycles. The molecule has 1 aromatic rings. The lowest BCUT2D eigenvalue weighted by Gasteiger charge is -2.34. The first-order valence-corrected chi connectivity index (χ1v) is 8.82. The first kappa shape index (κ1) is 17.4. The van der Waals surface area contributed by atoms with E-state index in [1.54, 1.807) is 6.20 Å². The van der Waals surface area contributed by atoms with Crippen molar-refractivity contribution in [1.82, 2.24) is 4.98 Å². The quantitative estimate of drug-likeness (QED) is 0.565. The minimum absolute atomic E-state index is 0.0457. The zero-order valence-corrected chi connectivity index (χ0v) is 14.8. The number of hydrogen-bond donors (Lipinski definition) is 0. The Labute approximate surface area is 143 Å². The van der Waals surface area contributed by atoms with Crippen LogP contribution in [0.25, 0.3) is 0 Å². The summed E-state index contributed by atoms with van der Waals surface area (Å²) in [6.07, 6.45) is 7.47. The van der Waals surface area contributed by atoms with Crippen molar-refractivity contribution in [3.05, 3.63) is 29.6 Å². The Bertz CT molecular complexity index is 571. The van der Waals surface area contributed by atoms with Gasteiger partial charge in [0, 0.05) is 25.2 Å². The number of ether oxygens (including phenoxy) is 3. The molecular formula is C19H27NO4. The molecule has 3 rings (SSSR count). The molecule has 2 fully saturated rings. The summed E-state index contributed by atoms with van der Waals surface area (Å²) >= 11 is 0. The van der Waals surface area contributed by atoms with E-state index in [1.807, 2.05) is 33.0 Å². The van der Waals surface area contributed by atoms with Crippen molar-refractivity contribution < 1.29 is 19.0 Å². The first-order valence-electron chi connectivity index (χ1n) is 8.82. The number of aromatic nitrogens is 1. The average Bonchev–Trinajstić information content (AvgIpc) is 3.32. The molecule has 5 nitrogen and oxygen atoms in total. The molecule has 0 amide bonds. The highest BCUT2D eigenvalue weighted by atomic mass is 16.6. The van der Waals surface area contributed by atoms with Gasteiger partial charge in [-0.25, -0.2) is 4.79 Å². The molecule has 2 aliphatic rings. The third kappa shape index (κ3) is 5.02. The van der Waals surface area contributed by atoms with Gasteiger partial charge in [-0.2, -0.15) is 0 Å². The number of nitrogens with zero attached hydrogens (tertiary/aromatic N) is 1. The summed E-state index contributed by atoms with van der Waals surface area (Å²) in [5.41, 5.74) is 1.57. The maximum atomic E-state index is 12.2. The Hall–Kier alpha value is -1.46. The molecule has 0 radical (unpaired) electrons. The molecule has 2 saturated carbocycles. The SMILES string of the molecule is CC(C)(C)OCCOC1CC(OC(=O)c2cncc(C3CC3)c2)C1. The second-order valence-corrected chi connectivity index (χ2v) is 7.73. The van der Waals surface area contributed by atoms with Crippen LogP contribution in [-0.4, -0.2) is 42.0 Å². The van der Waals surface area contributed by atoms with Gasteiger partial charge < -0.3 is 14.2 Å². The number of carbonyl (C=O) groups is 1. The summed E-state index contributed by atoms with van der Waals surface area (Å²) in [7, 11) is 0. The number of esters is 1. The van der Waals surface area contributed by atoms with Gasteiger partial charge in [-0.05, 0) is 51.2 Å². The van der Waals surface area contributed by atoms with Crippen LogP contribution in [0.1, 0.15) is 68.3 Å². The minimum atomic E-state index is -0.274. The molecule has 0 aromatic carbocycles. The summed E-state index contributed by atoms with van der Waals surface area (Å²) in [5.74, 6) is 0.312. The Morgan fingerprint density at radius 2 is 1.92 bits per heavy atom. The van der Waals surface area contributed by atoms with Gasteiger partial charge in [0.2, 0.25) is 0 Å². The molecule has 0 aliphatic heterocycles. The Kier molecular flexibility index (Phi) is 5.21. The highest BCUT2D eigenvalue weighted by Crippen LogP contribution is 2.40. The molecule has 0 saturated heterocycles. The minimum Gasteiger partial charge on any atom is -0.459 e.